The number of rotatable bonds is 5. The molecule has 2 N–H and O–H groups in total. The van der Waals surface area contributed by atoms with Gasteiger partial charge in [0.05, 0.1) is 5.69 Å². The van der Waals surface area contributed by atoms with Crippen LogP contribution in [0, 0.1) is 11.3 Å². The van der Waals surface area contributed by atoms with Crippen LogP contribution in [0.3, 0.4) is 0 Å². The number of H-pyrrole nitrogens is 1. The van der Waals surface area contributed by atoms with Gasteiger partial charge in [0.25, 0.3) is 5.56 Å². The number of aryl methyl sites for hydroxylation is 1. The van der Waals surface area contributed by atoms with Crippen molar-refractivity contribution in [1.29, 1.82) is 5.26 Å². The first-order valence-electron chi connectivity index (χ1n) is 5.42. The highest BCUT2D eigenvalue weighted by Crippen LogP contribution is 2.19. The third-order valence-corrected chi connectivity index (χ3v) is 3.18. The maximum Gasteiger partial charge on any atom is 0.316 e. The van der Waals surface area contributed by atoms with E-state index >= 15 is 0 Å². The van der Waals surface area contributed by atoms with Crippen LogP contribution in [0.5, 0.6) is 0 Å². The number of nitriles is 1. The number of nitrogens with one attached hydrogen (secondary N) is 1. The van der Waals surface area contributed by atoms with E-state index < -0.39 is 16.8 Å². The number of hydrogen-bond donors (Lipinski definition) is 2. The lowest BCUT2D eigenvalue weighted by Gasteiger charge is -2.07. The number of hydrogen-bond acceptors (Lipinski definition) is 5. The molecule has 1 unspecified atom stereocenters. The molecule has 0 spiro atoms. The van der Waals surface area contributed by atoms with Crippen molar-refractivity contribution in [3.63, 3.8) is 0 Å². The summed E-state index contributed by atoms with van der Waals surface area (Å²) >= 11 is 0.949. The Bertz CT molecular complexity index is 547. The second-order valence-corrected chi connectivity index (χ2v) is 4.98. The molecule has 0 bridgehead atoms. The minimum atomic E-state index is -0.982. The Morgan fingerprint density at radius 1 is 1.67 bits per heavy atom. The first-order valence-corrected chi connectivity index (χ1v) is 6.30. The zero-order valence-electron chi connectivity index (χ0n) is 10.1. The molecule has 6 nitrogen and oxygen atoms in total. The zero-order valence-corrected chi connectivity index (χ0v) is 10.9. The molecule has 18 heavy (non-hydrogen) atoms. The first-order chi connectivity index (χ1) is 8.49. The van der Waals surface area contributed by atoms with E-state index in [2.05, 4.69) is 9.97 Å². The molecule has 7 heteroatoms. The Hall–Kier alpha value is -1.81. The Labute approximate surface area is 108 Å². The topological polar surface area (TPSA) is 107 Å². The first kappa shape index (κ1) is 14.3. The van der Waals surface area contributed by atoms with Gasteiger partial charge in [0.15, 0.2) is 5.16 Å². The highest BCUT2D eigenvalue weighted by atomic mass is 32.2. The van der Waals surface area contributed by atoms with Gasteiger partial charge in [0, 0.05) is 0 Å². The summed E-state index contributed by atoms with van der Waals surface area (Å²) in [6.07, 6.45) is 1.27. The molecule has 1 rings (SSSR count). The fraction of sp³-hybridized carbons (Fsp3) is 0.455. The van der Waals surface area contributed by atoms with E-state index in [0.29, 0.717) is 12.1 Å². The Kier molecular flexibility index (Phi) is 4.92. The highest BCUT2D eigenvalue weighted by Gasteiger charge is 2.16. The minimum absolute atomic E-state index is 0.00387. The Balaban J connectivity index is 3.13. The predicted octanol–water partition coefficient (Wildman–Crippen LogP) is 1.16. The summed E-state index contributed by atoms with van der Waals surface area (Å²) in [6, 6.07) is 1.82. The summed E-state index contributed by atoms with van der Waals surface area (Å²) in [5.41, 5.74) is -0.0935. The third kappa shape index (κ3) is 3.34. The maximum atomic E-state index is 11.6. The lowest BCUT2D eigenvalue weighted by Crippen LogP contribution is -2.19. The molecule has 0 aromatic carbocycles. The number of thioether (sulfide) groups is 1. The number of carboxylic acids is 1. The van der Waals surface area contributed by atoms with Gasteiger partial charge in [-0.1, -0.05) is 25.1 Å². The van der Waals surface area contributed by atoms with E-state index in [1.54, 1.807) is 0 Å². The van der Waals surface area contributed by atoms with Gasteiger partial charge in [0.2, 0.25) is 0 Å². The maximum absolute atomic E-state index is 11.6. The van der Waals surface area contributed by atoms with E-state index in [0.717, 1.165) is 18.2 Å². The van der Waals surface area contributed by atoms with Gasteiger partial charge < -0.3 is 10.1 Å². The van der Waals surface area contributed by atoms with Crippen LogP contribution in [0.2, 0.25) is 0 Å². The van der Waals surface area contributed by atoms with Crippen LogP contribution in [-0.2, 0) is 11.2 Å². The minimum Gasteiger partial charge on any atom is -0.480 e. The number of carbonyl (C=O) groups is 1. The van der Waals surface area contributed by atoms with Crippen molar-refractivity contribution in [3.05, 3.63) is 21.6 Å². The van der Waals surface area contributed by atoms with Gasteiger partial charge in [-0.2, -0.15) is 5.26 Å². The largest absolute Gasteiger partial charge is 0.480 e. The second kappa shape index (κ2) is 6.21. The molecular formula is C11H13N3O3S. The van der Waals surface area contributed by atoms with Crippen LogP contribution in [0.15, 0.2) is 9.95 Å². The van der Waals surface area contributed by atoms with Crippen molar-refractivity contribution >= 4 is 17.7 Å². The summed E-state index contributed by atoms with van der Waals surface area (Å²) in [5, 5.41) is 17.2. The van der Waals surface area contributed by atoms with Gasteiger partial charge >= 0.3 is 5.97 Å². The average Bonchev–Trinajstić information content (AvgIpc) is 2.29. The van der Waals surface area contributed by atoms with E-state index in [1.165, 1.54) is 6.92 Å². The molecule has 1 atom stereocenters. The molecule has 0 radical (unpaired) electrons. The number of aromatic amines is 1. The summed E-state index contributed by atoms with van der Waals surface area (Å²) in [7, 11) is 0. The second-order valence-electron chi connectivity index (χ2n) is 3.65. The molecule has 1 aromatic heterocycles. The number of aliphatic carboxylic acids is 1. The van der Waals surface area contributed by atoms with Crippen molar-refractivity contribution in [1.82, 2.24) is 9.97 Å². The van der Waals surface area contributed by atoms with E-state index in [9.17, 15) is 9.59 Å². The molecular weight excluding hydrogens is 254 g/mol. The van der Waals surface area contributed by atoms with E-state index in [1.807, 2.05) is 13.0 Å². The summed E-state index contributed by atoms with van der Waals surface area (Å²) < 4.78 is 0. The number of carboxylic acid groups (broad SMARTS) is 1. The molecule has 0 aliphatic heterocycles. The molecule has 0 saturated carbocycles. The van der Waals surface area contributed by atoms with Crippen molar-refractivity contribution < 1.29 is 9.90 Å². The van der Waals surface area contributed by atoms with Crippen LogP contribution < -0.4 is 5.56 Å². The fourth-order valence-electron chi connectivity index (χ4n) is 1.30. The molecule has 96 valence electrons. The molecule has 0 aliphatic rings. The molecule has 0 saturated heterocycles. The van der Waals surface area contributed by atoms with Crippen LogP contribution in [0.1, 0.15) is 31.5 Å². The Morgan fingerprint density at radius 2 is 2.33 bits per heavy atom. The van der Waals surface area contributed by atoms with E-state index in [4.69, 9.17) is 10.4 Å². The number of nitrogens with zero attached hydrogens (tertiary/aromatic N) is 2. The van der Waals surface area contributed by atoms with Crippen LogP contribution >= 0.6 is 11.8 Å². The van der Waals surface area contributed by atoms with Crippen LogP contribution in [0.4, 0.5) is 0 Å². The molecule has 0 fully saturated rings. The van der Waals surface area contributed by atoms with Gasteiger partial charge in [-0.05, 0) is 13.3 Å². The predicted molar refractivity (Wildman–Crippen MR) is 66.5 cm³/mol. The van der Waals surface area contributed by atoms with Crippen molar-refractivity contribution in [2.75, 3.05) is 0 Å². The summed E-state index contributed by atoms with van der Waals surface area (Å²) in [6.45, 7) is 3.42. The highest BCUT2D eigenvalue weighted by molar-refractivity contribution is 8.00. The average molecular weight is 267 g/mol. The molecule has 1 heterocycles. The van der Waals surface area contributed by atoms with Crippen molar-refractivity contribution in [2.24, 2.45) is 0 Å². The monoisotopic (exact) mass is 267 g/mol. The van der Waals surface area contributed by atoms with E-state index in [-0.39, 0.29) is 10.7 Å². The SMILES string of the molecule is CCCc1nc(SC(C)C(=O)O)[nH]c(=O)c1C#N. The van der Waals surface area contributed by atoms with Crippen molar-refractivity contribution in [2.45, 2.75) is 37.1 Å². The number of aromatic nitrogens is 2. The van der Waals surface area contributed by atoms with Gasteiger partial charge in [-0.15, -0.1) is 0 Å². The van der Waals surface area contributed by atoms with Gasteiger partial charge in [0.1, 0.15) is 16.9 Å². The summed E-state index contributed by atoms with van der Waals surface area (Å²) in [5.74, 6) is -0.982. The summed E-state index contributed by atoms with van der Waals surface area (Å²) in [4.78, 5) is 28.9. The van der Waals surface area contributed by atoms with Gasteiger partial charge in [-0.25, -0.2) is 4.98 Å². The lowest BCUT2D eigenvalue weighted by atomic mass is 10.1. The molecule has 0 amide bonds. The zero-order chi connectivity index (χ0) is 13.7. The molecule has 0 aliphatic carbocycles. The standard InChI is InChI=1S/C11H13N3O3S/c1-3-4-8-7(5-12)9(15)14-11(13-8)18-6(2)10(16)17/h6H,3-4H2,1-2H3,(H,16,17)(H,13,14,15). The van der Waals surface area contributed by atoms with Crippen molar-refractivity contribution in [3.8, 4) is 6.07 Å². The fourth-order valence-corrected chi connectivity index (χ4v) is 2.05. The third-order valence-electron chi connectivity index (χ3n) is 2.21. The van der Waals surface area contributed by atoms with Gasteiger partial charge in [-0.3, -0.25) is 9.59 Å². The quantitative estimate of drug-likeness (QED) is 0.612. The smallest absolute Gasteiger partial charge is 0.316 e. The molecule has 1 aromatic rings. The van der Waals surface area contributed by atoms with Crippen LogP contribution in [-0.4, -0.2) is 26.3 Å². The normalized spacial score (nSPS) is 11.8. The Morgan fingerprint density at radius 3 is 2.83 bits per heavy atom. The lowest BCUT2D eigenvalue weighted by molar-refractivity contribution is -0.136. The van der Waals surface area contributed by atoms with Crippen LogP contribution in [0.25, 0.3) is 0 Å².